The van der Waals surface area contributed by atoms with Crippen molar-refractivity contribution in [2.75, 3.05) is 0 Å². The molecule has 0 aliphatic carbocycles. The van der Waals surface area contributed by atoms with Crippen LogP contribution in [0.1, 0.15) is 24.1 Å². The third kappa shape index (κ3) is 3.16. The molecule has 0 saturated carbocycles. The number of aromatic nitrogens is 3. The number of hydrogen-bond donors (Lipinski definition) is 1. The summed E-state index contributed by atoms with van der Waals surface area (Å²) >= 11 is 0. The zero-order valence-corrected chi connectivity index (χ0v) is 10.4. The van der Waals surface area contributed by atoms with Crippen molar-refractivity contribution >= 4 is 5.91 Å². The molecule has 1 N–H and O–H groups in total. The summed E-state index contributed by atoms with van der Waals surface area (Å²) in [5.41, 5.74) is 1.47. The van der Waals surface area contributed by atoms with Crippen LogP contribution < -0.4 is 5.32 Å². The smallest absolute Gasteiger partial charge is 0.244 e. The molecule has 19 heavy (non-hydrogen) atoms. The fourth-order valence-corrected chi connectivity index (χ4v) is 1.63. The van der Waals surface area contributed by atoms with E-state index in [9.17, 15) is 4.79 Å². The molecule has 0 aliphatic heterocycles. The molecule has 0 aliphatic rings. The van der Waals surface area contributed by atoms with Gasteiger partial charge in [-0.1, -0.05) is 12.1 Å². The molecule has 1 amide bonds. The van der Waals surface area contributed by atoms with E-state index < -0.39 is 6.04 Å². The second kappa shape index (κ2) is 5.78. The molecule has 6 heteroatoms. The quantitative estimate of drug-likeness (QED) is 0.884. The Balaban J connectivity index is 1.95. The van der Waals surface area contributed by atoms with Crippen molar-refractivity contribution < 1.29 is 4.79 Å². The fourth-order valence-electron chi connectivity index (χ4n) is 1.63. The monoisotopic (exact) mass is 255 g/mol. The Morgan fingerprint density at radius 3 is 3.11 bits per heavy atom. The average molecular weight is 255 g/mol. The Labute approximate surface area is 110 Å². The molecule has 0 unspecified atom stereocenters. The average Bonchev–Trinajstić information content (AvgIpc) is 2.98. The van der Waals surface area contributed by atoms with Gasteiger partial charge in [-0.05, 0) is 24.6 Å². The van der Waals surface area contributed by atoms with E-state index in [1.807, 2.05) is 6.07 Å². The number of amides is 1. The van der Waals surface area contributed by atoms with Crippen molar-refractivity contribution in [3.05, 3.63) is 48.0 Å². The van der Waals surface area contributed by atoms with Crippen LogP contribution in [0.25, 0.3) is 0 Å². The summed E-state index contributed by atoms with van der Waals surface area (Å²) in [6, 6.07) is 8.78. The van der Waals surface area contributed by atoms with E-state index in [0.29, 0.717) is 12.1 Å². The van der Waals surface area contributed by atoms with E-state index in [2.05, 4.69) is 21.5 Å². The predicted octanol–water partition coefficient (Wildman–Crippen LogP) is 1.03. The maximum atomic E-state index is 11.9. The minimum atomic E-state index is -0.415. The molecule has 1 aromatic heterocycles. The van der Waals surface area contributed by atoms with E-state index in [4.69, 9.17) is 5.26 Å². The molecule has 1 aromatic carbocycles. The Bertz CT molecular complexity index is 600. The molecule has 6 nitrogen and oxygen atoms in total. The molecule has 0 saturated heterocycles. The zero-order chi connectivity index (χ0) is 13.7. The first kappa shape index (κ1) is 12.8. The fraction of sp³-hybridized carbons (Fsp3) is 0.231. The van der Waals surface area contributed by atoms with Crippen molar-refractivity contribution in [1.82, 2.24) is 20.1 Å². The second-order valence-electron chi connectivity index (χ2n) is 4.08. The molecular weight excluding hydrogens is 242 g/mol. The van der Waals surface area contributed by atoms with Gasteiger partial charge in [0.1, 0.15) is 18.7 Å². The number of carbonyl (C=O) groups excluding carboxylic acids is 1. The Hall–Kier alpha value is -2.68. The number of nitrogens with zero attached hydrogens (tertiary/aromatic N) is 4. The maximum absolute atomic E-state index is 11.9. The summed E-state index contributed by atoms with van der Waals surface area (Å²) in [5, 5.41) is 15.5. The lowest BCUT2D eigenvalue weighted by molar-refractivity contribution is -0.124. The van der Waals surface area contributed by atoms with Crippen LogP contribution in [-0.2, 0) is 11.3 Å². The largest absolute Gasteiger partial charge is 0.350 e. The first-order valence-corrected chi connectivity index (χ1v) is 5.81. The van der Waals surface area contributed by atoms with Crippen molar-refractivity contribution in [3.63, 3.8) is 0 Å². The summed E-state index contributed by atoms with van der Waals surface area (Å²) < 4.78 is 1.49. The third-order valence-electron chi connectivity index (χ3n) is 2.74. The highest BCUT2D eigenvalue weighted by molar-refractivity contribution is 5.79. The summed E-state index contributed by atoms with van der Waals surface area (Å²) in [4.78, 5) is 15.7. The van der Waals surface area contributed by atoms with Gasteiger partial charge >= 0.3 is 0 Å². The van der Waals surface area contributed by atoms with Gasteiger partial charge in [0.2, 0.25) is 5.91 Å². The van der Waals surface area contributed by atoms with Crippen LogP contribution in [0.2, 0.25) is 0 Å². The van der Waals surface area contributed by atoms with Crippen LogP contribution in [0.4, 0.5) is 0 Å². The normalized spacial score (nSPS) is 11.6. The van der Waals surface area contributed by atoms with Crippen LogP contribution in [0.3, 0.4) is 0 Å². The molecule has 96 valence electrons. The standard InChI is InChI=1S/C13H13N5O/c1-10(18-9-15-8-17-18)13(19)16-7-12-4-2-3-11(5-12)6-14/h2-5,8-10H,7H2,1H3,(H,16,19)/t10-/m1/s1. The first-order valence-electron chi connectivity index (χ1n) is 5.81. The van der Waals surface area contributed by atoms with E-state index in [1.165, 1.54) is 17.3 Å². The van der Waals surface area contributed by atoms with Gasteiger partial charge in [-0.2, -0.15) is 10.4 Å². The molecule has 2 aromatic rings. The van der Waals surface area contributed by atoms with Crippen molar-refractivity contribution in [3.8, 4) is 6.07 Å². The number of rotatable bonds is 4. The van der Waals surface area contributed by atoms with Crippen LogP contribution in [0, 0.1) is 11.3 Å². The van der Waals surface area contributed by atoms with E-state index >= 15 is 0 Å². The molecule has 1 atom stereocenters. The van der Waals surface area contributed by atoms with Gasteiger partial charge in [0.25, 0.3) is 0 Å². The number of nitriles is 1. The Morgan fingerprint density at radius 2 is 2.42 bits per heavy atom. The molecular formula is C13H13N5O. The van der Waals surface area contributed by atoms with Gasteiger partial charge in [-0.25, -0.2) is 9.67 Å². The van der Waals surface area contributed by atoms with Gasteiger partial charge in [0.15, 0.2) is 0 Å². The molecule has 0 fully saturated rings. The first-order chi connectivity index (χ1) is 9.20. The summed E-state index contributed by atoms with van der Waals surface area (Å²) in [6.45, 7) is 2.13. The molecule has 0 radical (unpaired) electrons. The number of carbonyl (C=O) groups is 1. The lowest BCUT2D eigenvalue weighted by Gasteiger charge is -2.12. The van der Waals surface area contributed by atoms with Gasteiger partial charge < -0.3 is 5.32 Å². The topological polar surface area (TPSA) is 83.6 Å². The van der Waals surface area contributed by atoms with Gasteiger partial charge in [0.05, 0.1) is 11.6 Å². The second-order valence-corrected chi connectivity index (χ2v) is 4.08. The van der Waals surface area contributed by atoms with Crippen molar-refractivity contribution in [1.29, 1.82) is 5.26 Å². The summed E-state index contributed by atoms with van der Waals surface area (Å²) in [6.07, 6.45) is 2.89. The van der Waals surface area contributed by atoms with E-state index in [0.717, 1.165) is 5.56 Å². The predicted molar refractivity (Wildman–Crippen MR) is 67.7 cm³/mol. The van der Waals surface area contributed by atoms with Crippen LogP contribution >= 0.6 is 0 Å². The lowest BCUT2D eigenvalue weighted by Crippen LogP contribution is -2.30. The molecule has 0 bridgehead atoms. The highest BCUT2D eigenvalue weighted by Gasteiger charge is 2.14. The summed E-state index contributed by atoms with van der Waals surface area (Å²) in [5.74, 6) is -0.145. The number of hydrogen-bond acceptors (Lipinski definition) is 4. The minimum absolute atomic E-state index is 0.145. The maximum Gasteiger partial charge on any atom is 0.244 e. The Kier molecular flexibility index (Phi) is 3.88. The van der Waals surface area contributed by atoms with Crippen LogP contribution in [0.15, 0.2) is 36.9 Å². The highest BCUT2D eigenvalue weighted by atomic mass is 16.2. The minimum Gasteiger partial charge on any atom is -0.350 e. The number of benzene rings is 1. The number of nitrogens with one attached hydrogen (secondary N) is 1. The molecule has 0 spiro atoms. The third-order valence-corrected chi connectivity index (χ3v) is 2.74. The van der Waals surface area contributed by atoms with Gasteiger partial charge in [-0.15, -0.1) is 0 Å². The van der Waals surface area contributed by atoms with Gasteiger partial charge in [-0.3, -0.25) is 4.79 Å². The molecule has 2 rings (SSSR count). The van der Waals surface area contributed by atoms with E-state index in [-0.39, 0.29) is 5.91 Å². The lowest BCUT2D eigenvalue weighted by atomic mass is 10.1. The SMILES string of the molecule is C[C@H](C(=O)NCc1cccc(C#N)c1)n1cncn1. The van der Waals surface area contributed by atoms with Gasteiger partial charge in [0, 0.05) is 6.54 Å². The summed E-state index contributed by atoms with van der Waals surface area (Å²) in [7, 11) is 0. The zero-order valence-electron chi connectivity index (χ0n) is 10.4. The van der Waals surface area contributed by atoms with Crippen LogP contribution in [0.5, 0.6) is 0 Å². The van der Waals surface area contributed by atoms with Crippen LogP contribution in [-0.4, -0.2) is 20.7 Å². The highest BCUT2D eigenvalue weighted by Crippen LogP contribution is 2.06. The van der Waals surface area contributed by atoms with E-state index in [1.54, 1.807) is 25.1 Å². The Morgan fingerprint density at radius 1 is 1.58 bits per heavy atom. The molecule has 1 heterocycles. The van der Waals surface area contributed by atoms with Crippen molar-refractivity contribution in [2.24, 2.45) is 0 Å². The van der Waals surface area contributed by atoms with Crippen molar-refractivity contribution in [2.45, 2.75) is 19.5 Å².